The molecule has 0 radical (unpaired) electrons. The van der Waals surface area contributed by atoms with Crippen LogP contribution in [0.15, 0.2) is 5.18 Å². The molecule has 0 aliphatic rings. The van der Waals surface area contributed by atoms with Crippen molar-refractivity contribution in [2.24, 2.45) is 11.1 Å². The van der Waals surface area contributed by atoms with Crippen molar-refractivity contribution in [3.8, 4) is 0 Å². The first-order valence-electron chi connectivity index (χ1n) is 4.17. The van der Waals surface area contributed by atoms with Crippen molar-refractivity contribution in [3.05, 3.63) is 4.91 Å². The molecule has 3 heteroatoms. The molecule has 0 saturated heterocycles. The average molecular weight is 159 g/mol. The minimum absolute atomic E-state index is 0.254. The van der Waals surface area contributed by atoms with Gasteiger partial charge in [-0.15, -0.1) is 0 Å². The summed E-state index contributed by atoms with van der Waals surface area (Å²) in [6, 6.07) is 0. The SMILES string of the molecule is CCC(CCC(C)O)CN=O. The predicted molar refractivity (Wildman–Crippen MR) is 45.4 cm³/mol. The highest BCUT2D eigenvalue weighted by molar-refractivity contribution is 4.61. The Morgan fingerprint density at radius 1 is 1.45 bits per heavy atom. The lowest BCUT2D eigenvalue weighted by molar-refractivity contribution is 0.173. The maximum atomic E-state index is 9.91. The highest BCUT2D eigenvalue weighted by Gasteiger charge is 2.07. The third-order valence-corrected chi connectivity index (χ3v) is 1.90. The maximum absolute atomic E-state index is 9.91. The zero-order chi connectivity index (χ0) is 8.69. The van der Waals surface area contributed by atoms with Crippen LogP contribution >= 0.6 is 0 Å². The van der Waals surface area contributed by atoms with Gasteiger partial charge in [0.1, 0.15) is 0 Å². The highest BCUT2D eigenvalue weighted by atomic mass is 16.3. The lowest BCUT2D eigenvalue weighted by Crippen LogP contribution is -2.07. The van der Waals surface area contributed by atoms with E-state index >= 15 is 0 Å². The molecule has 0 fully saturated rings. The number of hydrogen-bond acceptors (Lipinski definition) is 3. The van der Waals surface area contributed by atoms with Crippen LogP contribution in [0.2, 0.25) is 0 Å². The summed E-state index contributed by atoms with van der Waals surface area (Å²) in [5.41, 5.74) is 0. The van der Waals surface area contributed by atoms with Crippen LogP contribution in [0.5, 0.6) is 0 Å². The Morgan fingerprint density at radius 2 is 2.09 bits per heavy atom. The van der Waals surface area contributed by atoms with Gasteiger partial charge < -0.3 is 5.11 Å². The molecular weight excluding hydrogens is 142 g/mol. The van der Waals surface area contributed by atoms with E-state index in [1.807, 2.05) is 6.92 Å². The van der Waals surface area contributed by atoms with Crippen molar-refractivity contribution < 1.29 is 5.11 Å². The number of hydrogen-bond donors (Lipinski definition) is 1. The zero-order valence-corrected chi connectivity index (χ0v) is 7.29. The summed E-state index contributed by atoms with van der Waals surface area (Å²) in [4.78, 5) is 9.91. The van der Waals surface area contributed by atoms with Crippen LogP contribution in [0.1, 0.15) is 33.1 Å². The second-order valence-electron chi connectivity index (χ2n) is 3.01. The van der Waals surface area contributed by atoms with Gasteiger partial charge in [0.05, 0.1) is 12.6 Å². The van der Waals surface area contributed by atoms with Gasteiger partial charge in [-0.2, -0.15) is 4.91 Å². The summed E-state index contributed by atoms with van der Waals surface area (Å²) in [6.45, 7) is 4.20. The molecule has 0 aromatic carbocycles. The fourth-order valence-electron chi connectivity index (χ4n) is 1.01. The van der Waals surface area contributed by atoms with E-state index < -0.39 is 0 Å². The Hall–Kier alpha value is -0.440. The standard InChI is InChI=1S/C8H17NO2/c1-3-8(6-9-11)5-4-7(2)10/h7-8,10H,3-6H2,1-2H3. The summed E-state index contributed by atoms with van der Waals surface area (Å²) >= 11 is 0. The molecule has 0 bridgehead atoms. The molecular formula is C8H17NO2. The summed E-state index contributed by atoms with van der Waals surface area (Å²) in [5, 5.41) is 11.8. The van der Waals surface area contributed by atoms with Crippen LogP contribution in [0.3, 0.4) is 0 Å². The third kappa shape index (κ3) is 5.98. The van der Waals surface area contributed by atoms with Crippen LogP contribution in [0.25, 0.3) is 0 Å². The van der Waals surface area contributed by atoms with Crippen molar-refractivity contribution in [1.82, 2.24) is 0 Å². The van der Waals surface area contributed by atoms with Crippen LogP contribution in [-0.2, 0) is 0 Å². The topological polar surface area (TPSA) is 49.7 Å². The summed E-state index contributed by atoms with van der Waals surface area (Å²) in [7, 11) is 0. The molecule has 0 spiro atoms. The Kier molecular flexibility index (Phi) is 6.03. The second kappa shape index (κ2) is 6.28. The highest BCUT2D eigenvalue weighted by Crippen LogP contribution is 2.12. The minimum Gasteiger partial charge on any atom is -0.393 e. The van der Waals surface area contributed by atoms with Crippen LogP contribution in [-0.4, -0.2) is 17.8 Å². The monoisotopic (exact) mass is 159 g/mol. The molecule has 66 valence electrons. The maximum Gasteiger partial charge on any atom is 0.0839 e. The van der Waals surface area contributed by atoms with E-state index in [1.165, 1.54) is 0 Å². The lowest BCUT2D eigenvalue weighted by atomic mass is 9.99. The van der Waals surface area contributed by atoms with E-state index in [1.54, 1.807) is 6.92 Å². The van der Waals surface area contributed by atoms with Gasteiger partial charge in [0.15, 0.2) is 0 Å². The van der Waals surface area contributed by atoms with Crippen molar-refractivity contribution >= 4 is 0 Å². The number of rotatable bonds is 6. The van der Waals surface area contributed by atoms with Crippen LogP contribution in [0, 0.1) is 10.8 Å². The molecule has 0 aliphatic heterocycles. The van der Waals surface area contributed by atoms with Gasteiger partial charge in [-0.3, -0.25) is 0 Å². The first-order chi connectivity index (χ1) is 5.20. The normalized spacial score (nSPS) is 15.9. The molecule has 3 nitrogen and oxygen atoms in total. The van der Waals surface area contributed by atoms with E-state index in [9.17, 15) is 4.91 Å². The number of aliphatic hydroxyl groups excluding tert-OH is 1. The minimum atomic E-state index is -0.254. The fourth-order valence-corrected chi connectivity index (χ4v) is 1.01. The van der Waals surface area contributed by atoms with Crippen molar-refractivity contribution in [2.45, 2.75) is 39.2 Å². The fraction of sp³-hybridized carbons (Fsp3) is 1.00. The molecule has 0 rings (SSSR count). The zero-order valence-electron chi connectivity index (χ0n) is 7.29. The smallest absolute Gasteiger partial charge is 0.0839 e. The molecule has 11 heavy (non-hydrogen) atoms. The quantitative estimate of drug-likeness (QED) is 0.602. The van der Waals surface area contributed by atoms with Crippen LogP contribution < -0.4 is 0 Å². The Balaban J connectivity index is 3.43. The molecule has 0 saturated carbocycles. The van der Waals surface area contributed by atoms with Crippen molar-refractivity contribution in [3.63, 3.8) is 0 Å². The molecule has 0 amide bonds. The van der Waals surface area contributed by atoms with Gasteiger partial charge in [-0.25, -0.2) is 0 Å². The van der Waals surface area contributed by atoms with E-state index in [-0.39, 0.29) is 6.10 Å². The van der Waals surface area contributed by atoms with E-state index in [0.717, 1.165) is 19.3 Å². The average Bonchev–Trinajstić information content (AvgIpc) is 1.97. The van der Waals surface area contributed by atoms with Gasteiger partial charge in [0.25, 0.3) is 0 Å². The number of nitrogens with zero attached hydrogens (tertiary/aromatic N) is 1. The largest absolute Gasteiger partial charge is 0.393 e. The summed E-state index contributed by atoms with van der Waals surface area (Å²) in [5.74, 6) is 0.363. The Bertz CT molecular complexity index is 104. The van der Waals surface area contributed by atoms with E-state index in [4.69, 9.17) is 5.11 Å². The van der Waals surface area contributed by atoms with Crippen LogP contribution in [0.4, 0.5) is 0 Å². The van der Waals surface area contributed by atoms with Crippen molar-refractivity contribution in [1.29, 1.82) is 0 Å². The summed E-state index contributed by atoms with van der Waals surface area (Å²) < 4.78 is 0. The molecule has 0 aliphatic carbocycles. The Labute approximate surface area is 67.8 Å². The van der Waals surface area contributed by atoms with Gasteiger partial charge >= 0.3 is 0 Å². The second-order valence-corrected chi connectivity index (χ2v) is 3.01. The van der Waals surface area contributed by atoms with Gasteiger partial charge in [0, 0.05) is 0 Å². The Morgan fingerprint density at radius 3 is 2.45 bits per heavy atom. The molecule has 0 aromatic heterocycles. The molecule has 0 heterocycles. The number of nitroso groups, excluding NO2 is 1. The first kappa shape index (κ1) is 10.6. The van der Waals surface area contributed by atoms with E-state index in [2.05, 4.69) is 5.18 Å². The van der Waals surface area contributed by atoms with Crippen molar-refractivity contribution in [2.75, 3.05) is 6.54 Å². The van der Waals surface area contributed by atoms with Gasteiger partial charge in [-0.05, 0) is 25.7 Å². The first-order valence-corrected chi connectivity index (χ1v) is 4.17. The third-order valence-electron chi connectivity index (χ3n) is 1.90. The molecule has 2 unspecified atom stereocenters. The molecule has 1 N–H and O–H groups in total. The number of aliphatic hydroxyl groups is 1. The summed E-state index contributed by atoms with van der Waals surface area (Å²) in [6.07, 6.45) is 2.39. The lowest BCUT2D eigenvalue weighted by Gasteiger charge is -2.10. The molecule has 2 atom stereocenters. The molecule has 0 aromatic rings. The van der Waals surface area contributed by atoms with E-state index in [0.29, 0.717) is 12.5 Å². The van der Waals surface area contributed by atoms with Gasteiger partial charge in [0.2, 0.25) is 0 Å². The predicted octanol–water partition coefficient (Wildman–Crippen LogP) is 1.94. The van der Waals surface area contributed by atoms with Gasteiger partial charge in [-0.1, -0.05) is 18.5 Å².